The maximum atomic E-state index is 13.4. The van der Waals surface area contributed by atoms with Crippen LogP contribution in [0.3, 0.4) is 0 Å². The number of carbonyl (C=O) groups is 1. The van der Waals surface area contributed by atoms with Crippen LogP contribution in [0.25, 0.3) is 0 Å². The minimum absolute atomic E-state index is 0. The maximum Gasteiger partial charge on any atom is 0.241 e. The van der Waals surface area contributed by atoms with Crippen LogP contribution in [0.1, 0.15) is 27.3 Å². The van der Waals surface area contributed by atoms with Crippen molar-refractivity contribution in [2.24, 2.45) is 10.9 Å². The van der Waals surface area contributed by atoms with Crippen LogP contribution >= 0.6 is 11.8 Å². The Kier molecular flexibility index (Phi) is 12.4. The molecule has 2 aliphatic heterocycles. The van der Waals surface area contributed by atoms with E-state index < -0.39 is 0 Å². The van der Waals surface area contributed by atoms with Crippen LogP contribution in [0.2, 0.25) is 0 Å². The number of amides is 1. The molecule has 0 spiro atoms. The number of benzene rings is 3. The molecule has 1 amide bonds. The Morgan fingerprint density at radius 2 is 1.79 bits per heavy atom. The van der Waals surface area contributed by atoms with Gasteiger partial charge in [0.25, 0.3) is 0 Å². The van der Waals surface area contributed by atoms with Crippen molar-refractivity contribution in [1.82, 2.24) is 10.2 Å². The van der Waals surface area contributed by atoms with E-state index in [1.54, 1.807) is 36.0 Å². The Hall–Kier alpha value is -3.66. The lowest BCUT2D eigenvalue weighted by molar-refractivity contribution is -0.122. The third kappa shape index (κ3) is 9.72. The lowest BCUT2D eigenvalue weighted by Gasteiger charge is -2.23. The number of nitrogens with zero attached hydrogens (tertiary/aromatic N) is 2. The summed E-state index contributed by atoms with van der Waals surface area (Å²) >= 11 is 1.63. The second-order valence-corrected chi connectivity index (χ2v) is 10.8. The molecular weight excluding hydrogens is 551 g/mol. The van der Waals surface area contributed by atoms with Gasteiger partial charge in [-0.25, -0.2) is 4.39 Å². The van der Waals surface area contributed by atoms with Gasteiger partial charge in [-0.05, 0) is 78.9 Å². The zero-order valence-electron chi connectivity index (χ0n) is 24.2. The van der Waals surface area contributed by atoms with Gasteiger partial charge in [0.15, 0.2) is 5.17 Å². The van der Waals surface area contributed by atoms with Gasteiger partial charge in [0, 0.05) is 25.6 Å². The zero-order chi connectivity index (χ0) is 29.6. The molecule has 2 heterocycles. The summed E-state index contributed by atoms with van der Waals surface area (Å²) in [4.78, 5) is 20.0. The zero-order valence-corrected chi connectivity index (χ0v) is 25.0. The van der Waals surface area contributed by atoms with Crippen LogP contribution in [0, 0.1) is 11.7 Å². The van der Waals surface area contributed by atoms with Crippen molar-refractivity contribution in [1.29, 1.82) is 0 Å². The number of halogens is 1. The molecule has 3 aromatic carbocycles. The van der Waals surface area contributed by atoms with Gasteiger partial charge in [0.05, 0.1) is 25.9 Å². The Labute approximate surface area is 253 Å². The lowest BCUT2D eigenvalue weighted by Crippen LogP contribution is -2.41. The first-order valence-electron chi connectivity index (χ1n) is 14.4. The van der Waals surface area contributed by atoms with Gasteiger partial charge in [-0.3, -0.25) is 14.7 Å². The van der Waals surface area contributed by atoms with Crippen molar-refractivity contribution in [2.75, 3.05) is 37.5 Å². The third-order valence-electron chi connectivity index (χ3n) is 6.72. The van der Waals surface area contributed by atoms with Crippen molar-refractivity contribution in [3.8, 4) is 11.5 Å². The van der Waals surface area contributed by atoms with Gasteiger partial charge in [0.2, 0.25) is 5.91 Å². The number of thioether (sulfide) groups is 1. The number of hydrogen-bond donors (Lipinski definition) is 2. The molecular formula is C33H41FN4O3S. The monoisotopic (exact) mass is 592 g/mol. The summed E-state index contributed by atoms with van der Waals surface area (Å²) in [6.07, 6.45) is 5.56. The Bertz CT molecular complexity index is 1310. The van der Waals surface area contributed by atoms with Crippen molar-refractivity contribution in [3.05, 3.63) is 103 Å². The molecule has 0 radical (unpaired) electrons. The van der Waals surface area contributed by atoms with Gasteiger partial charge in [-0.1, -0.05) is 55.9 Å². The first kappa shape index (κ1) is 31.3. The summed E-state index contributed by atoms with van der Waals surface area (Å²) in [5.41, 5.74) is 1.97. The van der Waals surface area contributed by atoms with Crippen molar-refractivity contribution in [3.63, 3.8) is 0 Å². The van der Waals surface area contributed by atoms with Crippen LogP contribution < -0.4 is 15.4 Å². The molecule has 224 valence electrons. The van der Waals surface area contributed by atoms with E-state index in [0.29, 0.717) is 43.0 Å². The second-order valence-electron chi connectivity index (χ2n) is 9.73. The highest BCUT2D eigenvalue weighted by Crippen LogP contribution is 2.28. The van der Waals surface area contributed by atoms with E-state index in [0.717, 1.165) is 30.3 Å². The fraction of sp³-hybridized carbons (Fsp3) is 0.333. The molecule has 2 N–H and O–H groups in total. The molecule has 7 nitrogen and oxygen atoms in total. The summed E-state index contributed by atoms with van der Waals surface area (Å²) in [6, 6.07) is 23.2. The summed E-state index contributed by atoms with van der Waals surface area (Å²) in [5.74, 6) is 1.92. The Balaban J connectivity index is 0.00000165. The predicted molar refractivity (Wildman–Crippen MR) is 172 cm³/mol. The number of likely N-dealkylation sites (tertiary alicyclic amines) is 1. The Morgan fingerprint density at radius 3 is 2.48 bits per heavy atom. The first-order chi connectivity index (χ1) is 20.6. The third-order valence-corrected chi connectivity index (χ3v) is 7.61. The van der Waals surface area contributed by atoms with Crippen molar-refractivity contribution < 1.29 is 20.1 Å². The number of nitrogens with one attached hydrogen (secondary N) is 2. The molecule has 3 aromatic rings. The number of aliphatic imine (C=N–C) groups is 1. The Morgan fingerprint density at radius 1 is 1.07 bits per heavy atom. The summed E-state index contributed by atoms with van der Waals surface area (Å²) in [6.45, 7) is 6.46. The van der Waals surface area contributed by atoms with Crippen molar-refractivity contribution in [2.45, 2.75) is 32.7 Å². The molecule has 5 rings (SSSR count). The standard InChI is InChI=1S/C31H33FN4O3S.C2H6.H2/c32-25-7-11-27(12-8-25)39-28-13-9-26(10-14-28)35-30(37)29-20-24(19-23-5-2-1-3-6-23)21-36(29)22-38-17-18-40-31-33-15-4-16-34-31;1-2;/h1-15,24,29H,16-22H2,(H,33,34)(H,35,37);1-2H3;1H/t24-,29+;;/m1../s1. The van der Waals surface area contributed by atoms with Crippen LogP contribution in [0.4, 0.5) is 10.1 Å². The van der Waals surface area contributed by atoms with E-state index in [4.69, 9.17) is 9.47 Å². The smallest absolute Gasteiger partial charge is 0.241 e. The lowest BCUT2D eigenvalue weighted by atomic mass is 9.96. The van der Waals surface area contributed by atoms with Crippen LogP contribution in [0.15, 0.2) is 96.1 Å². The average molecular weight is 593 g/mol. The number of anilines is 1. The van der Waals surface area contributed by atoms with E-state index in [1.807, 2.05) is 44.3 Å². The number of amidine groups is 1. The number of rotatable bonds is 11. The fourth-order valence-electron chi connectivity index (χ4n) is 4.81. The topological polar surface area (TPSA) is 75.2 Å². The molecule has 1 fully saturated rings. The molecule has 0 aromatic heterocycles. The first-order valence-corrected chi connectivity index (χ1v) is 15.4. The molecule has 0 unspecified atom stereocenters. The van der Waals surface area contributed by atoms with E-state index in [2.05, 4.69) is 44.8 Å². The second kappa shape index (κ2) is 16.7. The minimum Gasteiger partial charge on any atom is -0.457 e. The highest BCUT2D eigenvalue weighted by molar-refractivity contribution is 8.13. The highest BCUT2D eigenvalue weighted by Gasteiger charge is 2.36. The van der Waals surface area contributed by atoms with Crippen molar-refractivity contribution >= 4 is 28.5 Å². The number of ether oxygens (including phenoxy) is 2. The SMILES string of the molecule is CC.O=C(Nc1ccc(Oc2ccc(F)cc2)cc1)[C@@H]1C[C@@H](Cc2ccccc2)CN1COCCSC1=NCC=CN1.[HH]. The molecule has 42 heavy (non-hydrogen) atoms. The molecule has 1 saturated heterocycles. The maximum absolute atomic E-state index is 13.4. The molecule has 9 heteroatoms. The van der Waals surface area contributed by atoms with Gasteiger partial charge in [0.1, 0.15) is 17.3 Å². The summed E-state index contributed by atoms with van der Waals surface area (Å²) < 4.78 is 24.9. The minimum atomic E-state index is -0.314. The van der Waals surface area contributed by atoms with Crippen LogP contribution in [0.5, 0.6) is 11.5 Å². The molecule has 2 aliphatic rings. The molecule has 0 saturated carbocycles. The summed E-state index contributed by atoms with van der Waals surface area (Å²) in [5, 5.41) is 7.10. The van der Waals surface area contributed by atoms with E-state index in [1.165, 1.54) is 17.7 Å². The average Bonchev–Trinajstić information content (AvgIpc) is 3.43. The van der Waals surface area contributed by atoms with Crippen LogP contribution in [-0.2, 0) is 16.0 Å². The number of hydrogen-bond acceptors (Lipinski definition) is 7. The largest absolute Gasteiger partial charge is 0.457 e. The highest BCUT2D eigenvalue weighted by atomic mass is 32.2. The van der Waals surface area contributed by atoms with Crippen LogP contribution in [-0.4, -0.2) is 54.2 Å². The van der Waals surface area contributed by atoms with E-state index >= 15 is 0 Å². The number of carbonyl (C=O) groups excluding carboxylic acids is 1. The predicted octanol–water partition coefficient (Wildman–Crippen LogP) is 6.94. The van der Waals surface area contributed by atoms with Gasteiger partial charge in [-0.15, -0.1) is 0 Å². The van der Waals surface area contributed by atoms with Gasteiger partial charge >= 0.3 is 0 Å². The summed E-state index contributed by atoms with van der Waals surface area (Å²) in [7, 11) is 0. The molecule has 0 bridgehead atoms. The molecule has 2 atom stereocenters. The normalized spacial score (nSPS) is 17.9. The quantitative estimate of drug-likeness (QED) is 0.235. The fourth-order valence-corrected chi connectivity index (χ4v) is 5.52. The molecule has 0 aliphatic carbocycles. The van der Waals surface area contributed by atoms with E-state index in [-0.39, 0.29) is 19.2 Å². The van der Waals surface area contributed by atoms with Gasteiger partial charge in [-0.2, -0.15) is 0 Å². The van der Waals surface area contributed by atoms with Gasteiger partial charge < -0.3 is 20.1 Å². The van der Waals surface area contributed by atoms with E-state index in [9.17, 15) is 9.18 Å².